The van der Waals surface area contributed by atoms with Crippen LogP contribution in [0.3, 0.4) is 0 Å². The van der Waals surface area contributed by atoms with Crippen LogP contribution in [0, 0.1) is 0 Å². The number of carboxylic acid groups (broad SMARTS) is 1. The summed E-state index contributed by atoms with van der Waals surface area (Å²) < 4.78 is 0. The molecule has 0 aliphatic heterocycles. The van der Waals surface area contributed by atoms with Gasteiger partial charge in [-0.2, -0.15) is 0 Å². The van der Waals surface area contributed by atoms with Gasteiger partial charge in [0.2, 0.25) is 5.91 Å². The molecule has 0 heterocycles. The molecular formula is C12H16N2O3. The molecule has 0 atom stereocenters. The van der Waals surface area contributed by atoms with E-state index >= 15 is 0 Å². The molecule has 0 aromatic heterocycles. The highest BCUT2D eigenvalue weighted by atomic mass is 16.4. The van der Waals surface area contributed by atoms with Crippen molar-refractivity contribution in [2.24, 2.45) is 0 Å². The second-order valence-electron chi connectivity index (χ2n) is 3.85. The molecule has 0 aliphatic carbocycles. The molecule has 92 valence electrons. The summed E-state index contributed by atoms with van der Waals surface area (Å²) in [5.41, 5.74) is 0.934. The first-order valence-electron chi connectivity index (χ1n) is 5.24. The van der Waals surface area contributed by atoms with Gasteiger partial charge < -0.3 is 15.3 Å². The lowest BCUT2D eigenvalue weighted by molar-refractivity contribution is -0.127. The number of carbonyl (C=O) groups excluding carboxylic acids is 1. The van der Waals surface area contributed by atoms with Crippen molar-refractivity contribution >= 4 is 11.9 Å². The first-order chi connectivity index (χ1) is 8.02. The van der Waals surface area contributed by atoms with E-state index in [0.29, 0.717) is 12.1 Å². The zero-order valence-corrected chi connectivity index (χ0v) is 9.93. The fourth-order valence-corrected chi connectivity index (χ4v) is 1.35. The Balaban J connectivity index is 2.58. The van der Waals surface area contributed by atoms with Gasteiger partial charge in [-0.1, -0.05) is 18.2 Å². The molecule has 5 nitrogen and oxygen atoms in total. The summed E-state index contributed by atoms with van der Waals surface area (Å²) in [6.07, 6.45) is 0. The van der Waals surface area contributed by atoms with Gasteiger partial charge >= 0.3 is 5.97 Å². The van der Waals surface area contributed by atoms with Gasteiger partial charge in [0.25, 0.3) is 0 Å². The van der Waals surface area contributed by atoms with Crippen LogP contribution in [0.4, 0.5) is 0 Å². The molecule has 1 amide bonds. The predicted molar refractivity (Wildman–Crippen MR) is 63.8 cm³/mol. The van der Waals surface area contributed by atoms with Crippen LogP contribution < -0.4 is 5.32 Å². The molecule has 2 N–H and O–H groups in total. The molecule has 1 aromatic carbocycles. The molecule has 0 radical (unpaired) electrons. The number of hydrogen-bond donors (Lipinski definition) is 2. The van der Waals surface area contributed by atoms with Gasteiger partial charge in [0.1, 0.15) is 0 Å². The van der Waals surface area contributed by atoms with E-state index in [0.717, 1.165) is 0 Å². The second kappa shape index (κ2) is 6.00. The molecule has 0 bridgehead atoms. The molecule has 0 aliphatic rings. The second-order valence-corrected chi connectivity index (χ2v) is 3.85. The van der Waals surface area contributed by atoms with Gasteiger partial charge in [-0.3, -0.25) is 4.79 Å². The maximum atomic E-state index is 11.3. The third-order valence-electron chi connectivity index (χ3n) is 2.34. The number of likely N-dealkylation sites (N-methyl/N-ethyl adjacent to an activating group) is 1. The summed E-state index contributed by atoms with van der Waals surface area (Å²) in [6.45, 7) is 0.559. The Morgan fingerprint density at radius 3 is 2.53 bits per heavy atom. The van der Waals surface area contributed by atoms with Crippen molar-refractivity contribution in [1.82, 2.24) is 10.2 Å². The lowest BCUT2D eigenvalue weighted by Gasteiger charge is -2.11. The van der Waals surface area contributed by atoms with Crippen molar-refractivity contribution in [2.75, 3.05) is 20.6 Å². The lowest BCUT2D eigenvalue weighted by Crippen LogP contribution is -2.32. The van der Waals surface area contributed by atoms with Crippen molar-refractivity contribution in [3.63, 3.8) is 0 Å². The van der Waals surface area contributed by atoms with Gasteiger partial charge in [0.05, 0.1) is 12.1 Å². The number of carbonyl (C=O) groups is 2. The van der Waals surface area contributed by atoms with Gasteiger partial charge in [-0.05, 0) is 11.6 Å². The van der Waals surface area contributed by atoms with E-state index in [4.69, 9.17) is 5.11 Å². The molecule has 0 saturated carbocycles. The molecule has 0 saturated heterocycles. The number of aromatic carboxylic acids is 1. The topological polar surface area (TPSA) is 69.6 Å². The fourth-order valence-electron chi connectivity index (χ4n) is 1.35. The molecule has 1 aromatic rings. The van der Waals surface area contributed by atoms with Crippen LogP contribution in [0.25, 0.3) is 0 Å². The highest BCUT2D eigenvalue weighted by molar-refractivity contribution is 5.89. The highest BCUT2D eigenvalue weighted by Gasteiger charge is 2.09. The summed E-state index contributed by atoms with van der Waals surface area (Å²) in [7, 11) is 3.35. The monoisotopic (exact) mass is 236 g/mol. The van der Waals surface area contributed by atoms with Crippen LogP contribution in [0.2, 0.25) is 0 Å². The minimum Gasteiger partial charge on any atom is -0.478 e. The van der Waals surface area contributed by atoms with E-state index < -0.39 is 5.97 Å². The Bertz CT molecular complexity index is 416. The Morgan fingerprint density at radius 1 is 1.29 bits per heavy atom. The van der Waals surface area contributed by atoms with E-state index in [1.165, 1.54) is 4.90 Å². The Hall–Kier alpha value is -1.88. The van der Waals surface area contributed by atoms with Crippen LogP contribution in [-0.4, -0.2) is 42.5 Å². The van der Waals surface area contributed by atoms with E-state index in [2.05, 4.69) is 5.32 Å². The Morgan fingerprint density at radius 2 is 1.94 bits per heavy atom. The molecule has 17 heavy (non-hydrogen) atoms. The molecule has 0 unspecified atom stereocenters. The summed E-state index contributed by atoms with van der Waals surface area (Å²) >= 11 is 0. The molecular weight excluding hydrogens is 220 g/mol. The van der Waals surface area contributed by atoms with Crippen molar-refractivity contribution in [3.8, 4) is 0 Å². The van der Waals surface area contributed by atoms with E-state index in [-0.39, 0.29) is 18.0 Å². The maximum absolute atomic E-state index is 11.3. The van der Waals surface area contributed by atoms with Crippen molar-refractivity contribution in [3.05, 3.63) is 35.4 Å². The van der Waals surface area contributed by atoms with E-state index in [9.17, 15) is 9.59 Å². The average molecular weight is 236 g/mol. The normalized spacial score (nSPS) is 10.0. The number of amides is 1. The number of benzene rings is 1. The van der Waals surface area contributed by atoms with Crippen LogP contribution in [-0.2, 0) is 11.3 Å². The summed E-state index contributed by atoms with van der Waals surface area (Å²) in [5.74, 6) is -1.00. The summed E-state index contributed by atoms with van der Waals surface area (Å²) in [5, 5.41) is 11.9. The molecule has 0 spiro atoms. The number of hydrogen-bond acceptors (Lipinski definition) is 3. The first-order valence-corrected chi connectivity index (χ1v) is 5.24. The smallest absolute Gasteiger partial charge is 0.336 e. The molecule has 1 rings (SSSR count). The quantitative estimate of drug-likeness (QED) is 0.784. The van der Waals surface area contributed by atoms with Crippen LogP contribution in [0.1, 0.15) is 15.9 Å². The van der Waals surface area contributed by atoms with Gasteiger partial charge in [-0.15, -0.1) is 0 Å². The largest absolute Gasteiger partial charge is 0.478 e. The van der Waals surface area contributed by atoms with E-state index in [1.807, 2.05) is 0 Å². The van der Waals surface area contributed by atoms with Gasteiger partial charge in [-0.25, -0.2) is 4.79 Å². The predicted octanol–water partition coefficient (Wildman–Crippen LogP) is 0.563. The summed E-state index contributed by atoms with van der Waals surface area (Å²) in [4.78, 5) is 23.7. The number of rotatable bonds is 5. The van der Waals surface area contributed by atoms with Gasteiger partial charge in [0, 0.05) is 20.6 Å². The molecule has 0 fully saturated rings. The summed E-state index contributed by atoms with van der Waals surface area (Å²) in [6, 6.07) is 6.73. The van der Waals surface area contributed by atoms with Crippen molar-refractivity contribution in [1.29, 1.82) is 0 Å². The number of carboxylic acids is 1. The third kappa shape index (κ3) is 3.88. The Labute approximate surface area is 100 Å². The maximum Gasteiger partial charge on any atom is 0.336 e. The minimum atomic E-state index is -0.957. The van der Waals surface area contributed by atoms with Gasteiger partial charge in [0.15, 0.2) is 0 Å². The number of nitrogens with zero attached hydrogens (tertiary/aromatic N) is 1. The van der Waals surface area contributed by atoms with Crippen LogP contribution in [0.5, 0.6) is 0 Å². The van der Waals surface area contributed by atoms with Crippen molar-refractivity contribution < 1.29 is 14.7 Å². The Kier molecular flexibility index (Phi) is 4.66. The number of nitrogens with one attached hydrogen (secondary N) is 1. The van der Waals surface area contributed by atoms with Crippen molar-refractivity contribution in [2.45, 2.75) is 6.54 Å². The average Bonchev–Trinajstić information content (AvgIpc) is 2.29. The zero-order valence-electron chi connectivity index (χ0n) is 9.93. The standard InChI is InChI=1S/C12H16N2O3/c1-14(2)11(15)8-13-7-9-5-3-4-6-10(9)12(16)17/h3-6,13H,7-8H2,1-2H3,(H,16,17). The zero-order chi connectivity index (χ0) is 12.8. The van der Waals surface area contributed by atoms with Crippen LogP contribution >= 0.6 is 0 Å². The lowest BCUT2D eigenvalue weighted by atomic mass is 10.1. The highest BCUT2D eigenvalue weighted by Crippen LogP contribution is 2.08. The first kappa shape index (κ1) is 13.2. The fraction of sp³-hybridized carbons (Fsp3) is 0.333. The SMILES string of the molecule is CN(C)C(=O)CNCc1ccccc1C(=O)O. The third-order valence-corrected chi connectivity index (χ3v) is 2.34. The minimum absolute atomic E-state index is 0.0437. The van der Waals surface area contributed by atoms with E-state index in [1.54, 1.807) is 38.4 Å². The van der Waals surface area contributed by atoms with Crippen LogP contribution in [0.15, 0.2) is 24.3 Å². The molecule has 5 heteroatoms.